The van der Waals surface area contributed by atoms with Crippen LogP contribution in [0.15, 0.2) is 47.2 Å². The number of thiazole rings is 1. The lowest BCUT2D eigenvalue weighted by Crippen LogP contribution is -2.35. The van der Waals surface area contributed by atoms with Crippen molar-refractivity contribution in [3.8, 4) is 11.3 Å². The summed E-state index contributed by atoms with van der Waals surface area (Å²) in [5, 5.41) is 4.84. The monoisotopic (exact) mass is 477 g/mol. The Labute approximate surface area is 192 Å². The number of sulfonamides is 1. The number of hydrogen-bond acceptors (Lipinski definition) is 7. The summed E-state index contributed by atoms with van der Waals surface area (Å²) in [7, 11) is -3.55. The van der Waals surface area contributed by atoms with E-state index in [0.717, 1.165) is 21.3 Å². The summed E-state index contributed by atoms with van der Waals surface area (Å²) >= 11 is 3.16. The molecule has 0 unspecified atom stereocenters. The highest BCUT2D eigenvalue weighted by Crippen LogP contribution is 2.30. The number of nitrogens with zero attached hydrogens (tertiary/aromatic N) is 2. The summed E-state index contributed by atoms with van der Waals surface area (Å²) in [5.41, 5.74) is 3.23. The van der Waals surface area contributed by atoms with Crippen molar-refractivity contribution in [2.24, 2.45) is 0 Å². The summed E-state index contributed by atoms with van der Waals surface area (Å²) in [4.78, 5) is 20.1. The van der Waals surface area contributed by atoms with Gasteiger partial charge in [0.1, 0.15) is 0 Å². The van der Waals surface area contributed by atoms with Crippen molar-refractivity contribution < 1.29 is 13.2 Å². The number of amides is 1. The van der Waals surface area contributed by atoms with Crippen molar-refractivity contribution in [2.45, 2.75) is 39.7 Å². The first-order valence-electron chi connectivity index (χ1n) is 10.1. The lowest BCUT2D eigenvalue weighted by Gasteiger charge is -2.21. The van der Waals surface area contributed by atoms with Gasteiger partial charge in [-0.3, -0.25) is 9.52 Å². The molecule has 0 fully saturated rings. The van der Waals surface area contributed by atoms with Crippen LogP contribution in [0.3, 0.4) is 0 Å². The molecule has 0 radical (unpaired) electrons. The van der Waals surface area contributed by atoms with Crippen LogP contribution >= 0.6 is 22.7 Å². The van der Waals surface area contributed by atoms with E-state index in [1.807, 2.05) is 27.8 Å². The molecule has 2 heterocycles. The zero-order chi connectivity index (χ0) is 22.4. The second-order valence-corrected chi connectivity index (χ2v) is 11.4. The van der Waals surface area contributed by atoms with Gasteiger partial charge < -0.3 is 4.90 Å². The van der Waals surface area contributed by atoms with E-state index in [0.29, 0.717) is 19.0 Å². The van der Waals surface area contributed by atoms with Crippen molar-refractivity contribution in [3.05, 3.63) is 57.6 Å². The van der Waals surface area contributed by atoms with Crippen molar-refractivity contribution in [3.63, 3.8) is 0 Å². The maximum Gasteiger partial charge on any atom is 0.235 e. The molecule has 1 N–H and O–H groups in total. The molecule has 0 saturated carbocycles. The summed E-state index contributed by atoms with van der Waals surface area (Å²) in [6, 6.07) is 12.4. The number of aromatic nitrogens is 1. The van der Waals surface area contributed by atoms with Gasteiger partial charge in [0, 0.05) is 28.8 Å². The summed E-state index contributed by atoms with van der Waals surface area (Å²) in [5.74, 6) is -0.147. The third-order valence-electron chi connectivity index (χ3n) is 4.82. The first-order chi connectivity index (χ1) is 14.8. The van der Waals surface area contributed by atoms with Gasteiger partial charge in [0.25, 0.3) is 0 Å². The fourth-order valence-electron chi connectivity index (χ4n) is 2.95. The molecule has 0 bridgehead atoms. The largest absolute Gasteiger partial charge is 0.342 e. The molecule has 1 amide bonds. The number of thiophene rings is 1. The number of benzene rings is 1. The first kappa shape index (κ1) is 23.4. The average Bonchev–Trinajstić information content (AvgIpc) is 3.43. The Kier molecular flexibility index (Phi) is 7.85. The lowest BCUT2D eigenvalue weighted by molar-refractivity contribution is -0.119. The van der Waals surface area contributed by atoms with Crippen LogP contribution in [0.4, 0.5) is 5.13 Å². The Morgan fingerprint density at radius 3 is 2.52 bits per heavy atom. The Hall–Kier alpha value is -2.23. The topological polar surface area (TPSA) is 79.4 Å². The van der Waals surface area contributed by atoms with Crippen molar-refractivity contribution in [1.82, 2.24) is 9.71 Å². The van der Waals surface area contributed by atoms with Crippen LogP contribution in [0.1, 0.15) is 43.6 Å². The van der Waals surface area contributed by atoms with Crippen LogP contribution in [0.25, 0.3) is 11.3 Å². The van der Waals surface area contributed by atoms with Gasteiger partial charge in [0.05, 0.1) is 18.0 Å². The van der Waals surface area contributed by atoms with Crippen LogP contribution in [-0.2, 0) is 21.4 Å². The standard InChI is InChI=1S/C22H27N3O3S3/c1-4-31(27,28)24-21(26)11-12-25(14-19-6-5-13-29-19)22-23-20(15-30-22)18-9-7-17(8-10-18)16(2)3/h5-10,13,15-16H,4,11-12,14H2,1-3H3,(H,24,26). The Bertz CT molecular complexity index is 1090. The number of nitrogens with one attached hydrogen (secondary N) is 1. The fourth-order valence-corrected chi connectivity index (χ4v) is 5.12. The van der Waals surface area contributed by atoms with Crippen molar-refractivity contribution >= 4 is 43.7 Å². The molecule has 2 aromatic heterocycles. The van der Waals surface area contributed by atoms with E-state index in [9.17, 15) is 13.2 Å². The minimum Gasteiger partial charge on any atom is -0.342 e. The van der Waals surface area contributed by atoms with Gasteiger partial charge in [-0.25, -0.2) is 13.4 Å². The Balaban J connectivity index is 1.75. The van der Waals surface area contributed by atoms with E-state index >= 15 is 0 Å². The van der Waals surface area contributed by atoms with Gasteiger partial charge in [-0.15, -0.1) is 22.7 Å². The van der Waals surface area contributed by atoms with Gasteiger partial charge in [0.15, 0.2) is 5.13 Å². The maximum absolute atomic E-state index is 12.1. The van der Waals surface area contributed by atoms with Crippen LogP contribution in [0.5, 0.6) is 0 Å². The number of anilines is 1. The highest BCUT2D eigenvalue weighted by atomic mass is 32.2. The smallest absolute Gasteiger partial charge is 0.235 e. The lowest BCUT2D eigenvalue weighted by atomic mass is 10.0. The Morgan fingerprint density at radius 2 is 1.90 bits per heavy atom. The maximum atomic E-state index is 12.1. The number of rotatable bonds is 10. The van der Waals surface area contributed by atoms with E-state index in [-0.39, 0.29) is 12.2 Å². The van der Waals surface area contributed by atoms with E-state index in [2.05, 4.69) is 42.8 Å². The third kappa shape index (κ3) is 6.62. The van der Waals surface area contributed by atoms with Gasteiger partial charge in [-0.1, -0.05) is 44.2 Å². The predicted molar refractivity (Wildman–Crippen MR) is 129 cm³/mol. The zero-order valence-electron chi connectivity index (χ0n) is 17.9. The fraction of sp³-hybridized carbons (Fsp3) is 0.364. The van der Waals surface area contributed by atoms with Crippen LogP contribution < -0.4 is 9.62 Å². The molecule has 0 saturated heterocycles. The van der Waals surface area contributed by atoms with Crippen LogP contribution in [0.2, 0.25) is 0 Å². The number of carbonyl (C=O) groups excluding carboxylic acids is 1. The summed E-state index contributed by atoms with van der Waals surface area (Å²) in [6.07, 6.45) is 0.0720. The second-order valence-electron chi connectivity index (χ2n) is 7.47. The highest BCUT2D eigenvalue weighted by Gasteiger charge is 2.17. The van der Waals surface area contributed by atoms with Gasteiger partial charge >= 0.3 is 0 Å². The van der Waals surface area contributed by atoms with Gasteiger partial charge in [-0.05, 0) is 29.9 Å². The molecule has 0 spiro atoms. The molecular formula is C22H27N3O3S3. The number of hydrogen-bond donors (Lipinski definition) is 1. The van der Waals surface area contributed by atoms with Crippen molar-refractivity contribution in [1.29, 1.82) is 0 Å². The first-order valence-corrected chi connectivity index (χ1v) is 13.5. The molecule has 3 rings (SSSR count). The summed E-state index contributed by atoms with van der Waals surface area (Å²) < 4.78 is 25.4. The normalized spacial score (nSPS) is 11.6. The minimum absolute atomic E-state index is 0.0720. The van der Waals surface area contributed by atoms with E-state index < -0.39 is 15.9 Å². The molecule has 0 atom stereocenters. The zero-order valence-corrected chi connectivity index (χ0v) is 20.3. The molecule has 6 nitrogen and oxygen atoms in total. The van der Waals surface area contributed by atoms with Gasteiger partial charge in [-0.2, -0.15) is 0 Å². The highest BCUT2D eigenvalue weighted by molar-refractivity contribution is 7.90. The molecule has 3 aromatic rings. The SMILES string of the molecule is CCS(=O)(=O)NC(=O)CCN(Cc1cccs1)c1nc(-c2ccc(C(C)C)cc2)cs1. The molecule has 9 heteroatoms. The predicted octanol–water partition coefficient (Wildman–Crippen LogP) is 4.86. The quantitative estimate of drug-likeness (QED) is 0.451. The van der Waals surface area contributed by atoms with E-state index in [4.69, 9.17) is 4.98 Å². The van der Waals surface area contributed by atoms with Crippen LogP contribution in [0, 0.1) is 0 Å². The minimum atomic E-state index is -3.55. The van der Waals surface area contributed by atoms with Crippen molar-refractivity contribution in [2.75, 3.05) is 17.2 Å². The summed E-state index contributed by atoms with van der Waals surface area (Å²) in [6.45, 7) is 6.83. The average molecular weight is 478 g/mol. The molecule has 31 heavy (non-hydrogen) atoms. The molecule has 166 valence electrons. The second kappa shape index (κ2) is 10.4. The molecule has 0 aliphatic carbocycles. The van der Waals surface area contributed by atoms with E-state index in [1.165, 1.54) is 23.8 Å². The van der Waals surface area contributed by atoms with E-state index in [1.54, 1.807) is 11.3 Å². The molecule has 0 aliphatic heterocycles. The third-order valence-corrected chi connectivity index (χ3v) is 7.88. The van der Waals surface area contributed by atoms with Gasteiger partial charge in [0.2, 0.25) is 15.9 Å². The molecule has 1 aromatic carbocycles. The molecular weight excluding hydrogens is 450 g/mol. The molecule has 0 aliphatic rings. The Morgan fingerprint density at radius 1 is 1.16 bits per heavy atom. The van der Waals surface area contributed by atoms with Crippen LogP contribution in [-0.4, -0.2) is 31.6 Å². The number of carbonyl (C=O) groups is 1.